The van der Waals surface area contributed by atoms with Crippen molar-refractivity contribution < 1.29 is 0 Å². The summed E-state index contributed by atoms with van der Waals surface area (Å²) in [6.45, 7) is 0. The summed E-state index contributed by atoms with van der Waals surface area (Å²) in [5, 5.41) is 0. The van der Waals surface area contributed by atoms with Gasteiger partial charge in [-0.25, -0.2) is 0 Å². The van der Waals surface area contributed by atoms with Crippen molar-refractivity contribution in [3.05, 3.63) is 0 Å². The molecule has 0 aliphatic heterocycles. The van der Waals surface area contributed by atoms with E-state index in [1.165, 1.54) is 0 Å². The second-order valence-electron chi connectivity index (χ2n) is 0. The van der Waals surface area contributed by atoms with Gasteiger partial charge in [0.1, 0.15) is 0 Å². The Balaban J connectivity index is 0. The highest BCUT2D eigenvalue weighted by Crippen LogP contribution is 0.695. The lowest BCUT2D eigenvalue weighted by Gasteiger charge is -0.345. The van der Waals surface area contributed by atoms with E-state index in [0.29, 0.717) is 0 Å². The van der Waals surface area contributed by atoms with Crippen LogP contribution in [0.25, 0.3) is 0 Å². The molecule has 0 saturated carbocycles. The summed E-state index contributed by atoms with van der Waals surface area (Å²) >= 11 is 0. The molecule has 0 saturated heterocycles. The van der Waals surface area contributed by atoms with E-state index in [1.54, 1.807) is 0 Å². The van der Waals surface area contributed by atoms with Crippen molar-refractivity contribution in [1.82, 2.24) is 12.3 Å². The van der Waals surface area contributed by atoms with Crippen LogP contribution in [0.5, 0.6) is 0 Å². The first-order valence-electron chi connectivity index (χ1n) is 0. The molecular formula is H12Cl6N2. The van der Waals surface area contributed by atoms with Crippen LogP contribution in [0.1, 0.15) is 0 Å². The summed E-state index contributed by atoms with van der Waals surface area (Å²) in [7, 11) is 0. The molecule has 64 valence electrons. The largest absolute Gasteiger partial charge is 0.344 e. The Kier molecular flexibility index (Phi) is 6060. The predicted octanol–water partition coefficient (Wildman–Crippen LogP) is 2.85. The second kappa shape index (κ2) is 184. The van der Waals surface area contributed by atoms with Crippen molar-refractivity contribution >= 4 is 74.4 Å². The van der Waals surface area contributed by atoms with Crippen molar-refractivity contribution in [2.45, 2.75) is 0 Å². The van der Waals surface area contributed by atoms with Crippen LogP contribution in [0.4, 0.5) is 0 Å². The lowest BCUT2D eigenvalue weighted by molar-refractivity contribution is 2.13. The first kappa shape index (κ1) is 263. The average molecular weight is 253 g/mol. The maximum atomic E-state index is 0. The van der Waals surface area contributed by atoms with Crippen molar-refractivity contribution in [3.63, 3.8) is 0 Å². The van der Waals surface area contributed by atoms with Gasteiger partial charge in [0.25, 0.3) is 0 Å². The van der Waals surface area contributed by atoms with Gasteiger partial charge < -0.3 is 12.3 Å². The highest BCUT2D eigenvalue weighted by Gasteiger charge is -0.142. The molecule has 0 unspecified atom stereocenters. The maximum Gasteiger partial charge on any atom is -0.147 e. The van der Waals surface area contributed by atoms with E-state index in [-0.39, 0.29) is 86.7 Å². The molecule has 0 aromatic heterocycles. The number of halogens is 6. The van der Waals surface area contributed by atoms with Gasteiger partial charge in [-0.05, 0) is 0 Å². The SMILES string of the molecule is Cl.Cl.Cl.Cl.Cl.Cl.N.N. The van der Waals surface area contributed by atoms with E-state index >= 15 is 0 Å². The molecule has 0 spiro atoms. The van der Waals surface area contributed by atoms with Gasteiger partial charge in [-0.15, -0.1) is 74.4 Å². The first-order chi connectivity index (χ1) is 0. The summed E-state index contributed by atoms with van der Waals surface area (Å²) in [5.74, 6) is 0. The minimum Gasteiger partial charge on any atom is -0.344 e. The molecule has 0 amide bonds. The number of hydrogen-bond acceptors (Lipinski definition) is 2. The summed E-state index contributed by atoms with van der Waals surface area (Å²) in [6, 6.07) is 0. The second-order valence-corrected chi connectivity index (χ2v) is 0. The average Bonchev–Trinajstić information content (AvgIpc) is 0. The molecule has 6 N–H and O–H groups in total. The zero-order chi connectivity index (χ0) is 0. The normalized spacial score (nSPS) is 0. The van der Waals surface area contributed by atoms with Gasteiger partial charge in [-0.3, -0.25) is 0 Å². The monoisotopic (exact) mass is 250 g/mol. The third-order valence-corrected chi connectivity index (χ3v) is 0. The molecule has 0 aromatic rings. The lowest BCUT2D eigenvalue weighted by Crippen LogP contribution is -0.482. The molecule has 0 heterocycles. The third kappa shape index (κ3) is 123. The van der Waals surface area contributed by atoms with Crippen LogP contribution in [0.3, 0.4) is 0 Å². The van der Waals surface area contributed by atoms with E-state index in [0.717, 1.165) is 0 Å². The van der Waals surface area contributed by atoms with E-state index in [9.17, 15) is 0 Å². The molecule has 0 aromatic carbocycles. The van der Waals surface area contributed by atoms with Crippen LogP contribution in [0.2, 0.25) is 0 Å². The predicted molar refractivity (Wildman–Crippen MR) is 53.5 cm³/mol. The summed E-state index contributed by atoms with van der Waals surface area (Å²) in [6.07, 6.45) is 0. The van der Waals surface area contributed by atoms with Gasteiger partial charge >= 0.3 is 0 Å². The molecule has 0 aliphatic rings. The van der Waals surface area contributed by atoms with Crippen LogP contribution >= 0.6 is 74.4 Å². The van der Waals surface area contributed by atoms with Gasteiger partial charge in [0, 0.05) is 0 Å². The summed E-state index contributed by atoms with van der Waals surface area (Å²) < 4.78 is 0. The van der Waals surface area contributed by atoms with Crippen LogP contribution < -0.4 is 12.3 Å². The van der Waals surface area contributed by atoms with Crippen LogP contribution in [-0.4, -0.2) is 0 Å². The Morgan fingerprint density at radius 1 is 0.250 bits per heavy atom. The standard InChI is InChI=1S/6ClH.2H3N/h6*1H;2*1H3. The molecule has 0 radical (unpaired) electrons. The van der Waals surface area contributed by atoms with Gasteiger partial charge in [0.05, 0.1) is 0 Å². The van der Waals surface area contributed by atoms with E-state index in [1.807, 2.05) is 0 Å². The Labute approximate surface area is 86.6 Å². The van der Waals surface area contributed by atoms with Crippen molar-refractivity contribution in [1.29, 1.82) is 0 Å². The molecule has 0 aliphatic carbocycles. The Bertz CT molecular complexity index is 6.49. The molecule has 8 heavy (non-hydrogen) atoms. The molecular weight excluding hydrogens is 241 g/mol. The van der Waals surface area contributed by atoms with Crippen LogP contribution in [0, 0.1) is 0 Å². The van der Waals surface area contributed by atoms with E-state index < -0.39 is 0 Å². The molecule has 0 bridgehead atoms. The molecule has 8 heteroatoms. The Morgan fingerprint density at radius 3 is 0.250 bits per heavy atom. The van der Waals surface area contributed by atoms with Crippen LogP contribution in [-0.2, 0) is 0 Å². The highest BCUT2D eigenvalue weighted by atomic mass is 35.5. The minimum absolute atomic E-state index is 0. The fourth-order valence-electron chi connectivity index (χ4n) is 0. The van der Waals surface area contributed by atoms with E-state index in [4.69, 9.17) is 0 Å². The van der Waals surface area contributed by atoms with Gasteiger partial charge in [-0.2, -0.15) is 0 Å². The maximum absolute atomic E-state index is 0. The molecule has 0 fully saturated rings. The Hall–Kier alpha value is 1.66. The molecule has 0 rings (SSSR count). The summed E-state index contributed by atoms with van der Waals surface area (Å²) in [4.78, 5) is 0. The fraction of sp³-hybridized carbons (Fsp3) is 0. The minimum atomic E-state index is 0. The van der Waals surface area contributed by atoms with Crippen molar-refractivity contribution in [2.24, 2.45) is 0 Å². The quantitative estimate of drug-likeness (QED) is 0.696. The topological polar surface area (TPSA) is 70.0 Å². The van der Waals surface area contributed by atoms with Crippen molar-refractivity contribution in [3.8, 4) is 0 Å². The Morgan fingerprint density at radius 2 is 0.250 bits per heavy atom. The smallest absolute Gasteiger partial charge is 0.147 e. The van der Waals surface area contributed by atoms with Gasteiger partial charge in [0.15, 0.2) is 0 Å². The zero-order valence-corrected chi connectivity index (χ0v) is 8.76. The highest BCUT2D eigenvalue weighted by molar-refractivity contribution is 5.86. The molecule has 2 nitrogen and oxygen atoms in total. The van der Waals surface area contributed by atoms with Crippen LogP contribution in [0.15, 0.2) is 0 Å². The third-order valence-electron chi connectivity index (χ3n) is 0. The van der Waals surface area contributed by atoms with E-state index in [2.05, 4.69) is 0 Å². The van der Waals surface area contributed by atoms with Crippen molar-refractivity contribution in [2.75, 3.05) is 0 Å². The number of hydrogen-bond donors (Lipinski definition) is 2. The zero-order valence-electron chi connectivity index (χ0n) is 3.86. The van der Waals surface area contributed by atoms with Gasteiger partial charge in [-0.1, -0.05) is 0 Å². The fourth-order valence-corrected chi connectivity index (χ4v) is 0. The first-order valence-corrected chi connectivity index (χ1v) is 0. The lowest BCUT2D eigenvalue weighted by atomic mass is 14.0. The van der Waals surface area contributed by atoms with Gasteiger partial charge in [0.2, 0.25) is 0 Å². The summed E-state index contributed by atoms with van der Waals surface area (Å²) in [5.41, 5.74) is 0. The number of rotatable bonds is 0. The molecule has 0 atom stereocenters.